The van der Waals surface area contributed by atoms with Crippen LogP contribution >= 0.6 is 11.3 Å². The Bertz CT molecular complexity index is 1060. The van der Waals surface area contributed by atoms with Crippen molar-refractivity contribution in [2.24, 2.45) is 0 Å². The van der Waals surface area contributed by atoms with Gasteiger partial charge in [-0.2, -0.15) is 0 Å². The van der Waals surface area contributed by atoms with Crippen molar-refractivity contribution in [2.75, 3.05) is 0 Å². The molecular weight excluding hydrogens is 394 g/mol. The molecule has 148 valence electrons. The lowest BCUT2D eigenvalue weighted by atomic mass is 9.89. The number of amides is 5. The van der Waals surface area contributed by atoms with Crippen LogP contribution in [0.15, 0.2) is 35.7 Å². The number of hydrogen-bond donors (Lipinski definition) is 2. The Hall–Kier alpha value is -3.33. The zero-order valence-corrected chi connectivity index (χ0v) is 16.3. The van der Waals surface area contributed by atoms with E-state index in [1.807, 2.05) is 0 Å². The van der Waals surface area contributed by atoms with E-state index in [-0.39, 0.29) is 36.4 Å². The molecule has 2 aliphatic rings. The van der Waals surface area contributed by atoms with Crippen LogP contribution in [-0.2, 0) is 16.1 Å². The van der Waals surface area contributed by atoms with Gasteiger partial charge in [-0.3, -0.25) is 34.2 Å². The van der Waals surface area contributed by atoms with Crippen molar-refractivity contribution >= 4 is 40.9 Å². The average molecular weight is 411 g/mol. The van der Waals surface area contributed by atoms with E-state index >= 15 is 0 Å². The van der Waals surface area contributed by atoms with Gasteiger partial charge in [-0.05, 0) is 42.5 Å². The summed E-state index contributed by atoms with van der Waals surface area (Å²) in [6, 6.07) is 8.23. The molecule has 9 heteroatoms. The van der Waals surface area contributed by atoms with Crippen molar-refractivity contribution in [2.45, 2.75) is 31.8 Å². The van der Waals surface area contributed by atoms with Crippen LogP contribution in [0.3, 0.4) is 0 Å². The van der Waals surface area contributed by atoms with Gasteiger partial charge >= 0.3 is 0 Å². The van der Waals surface area contributed by atoms with Crippen LogP contribution in [0.2, 0.25) is 0 Å². The molecule has 0 spiro atoms. The molecule has 1 saturated heterocycles. The summed E-state index contributed by atoms with van der Waals surface area (Å²) < 4.78 is 0. The van der Waals surface area contributed by atoms with E-state index in [9.17, 15) is 24.0 Å². The fourth-order valence-corrected chi connectivity index (χ4v) is 4.17. The molecule has 0 aliphatic carbocycles. The highest BCUT2D eigenvalue weighted by atomic mass is 32.1. The number of benzene rings is 1. The summed E-state index contributed by atoms with van der Waals surface area (Å²) >= 11 is 1.32. The summed E-state index contributed by atoms with van der Waals surface area (Å²) in [5, 5.41) is 6.78. The molecule has 1 unspecified atom stereocenters. The van der Waals surface area contributed by atoms with Crippen molar-refractivity contribution in [3.05, 3.63) is 57.3 Å². The van der Waals surface area contributed by atoms with Crippen LogP contribution < -0.4 is 10.6 Å². The van der Waals surface area contributed by atoms with Crippen molar-refractivity contribution < 1.29 is 24.0 Å². The molecule has 3 heterocycles. The minimum Gasteiger partial charge on any atom is -0.347 e. The van der Waals surface area contributed by atoms with Gasteiger partial charge in [0.2, 0.25) is 5.91 Å². The van der Waals surface area contributed by atoms with Gasteiger partial charge in [0, 0.05) is 13.0 Å². The molecule has 5 amide bonds. The second kappa shape index (κ2) is 6.93. The number of fused-ring (bicyclic) bond motifs is 1. The first-order valence-corrected chi connectivity index (χ1v) is 9.87. The first-order valence-electron chi connectivity index (χ1n) is 8.99. The van der Waals surface area contributed by atoms with Gasteiger partial charge in [0.1, 0.15) is 5.54 Å². The first kappa shape index (κ1) is 19.0. The fourth-order valence-electron chi connectivity index (χ4n) is 3.53. The summed E-state index contributed by atoms with van der Waals surface area (Å²) in [4.78, 5) is 63.3. The van der Waals surface area contributed by atoms with Crippen LogP contribution in [0.1, 0.15) is 55.7 Å². The third-order valence-corrected chi connectivity index (χ3v) is 6.09. The van der Waals surface area contributed by atoms with Gasteiger partial charge in [-0.25, -0.2) is 0 Å². The largest absolute Gasteiger partial charge is 0.347 e. The topological polar surface area (TPSA) is 113 Å². The van der Waals surface area contributed by atoms with E-state index in [1.54, 1.807) is 29.6 Å². The normalized spacial score (nSPS) is 21.2. The molecule has 0 bridgehead atoms. The number of piperidine rings is 1. The number of imide groups is 2. The summed E-state index contributed by atoms with van der Waals surface area (Å²) in [6.45, 7) is 1.68. The molecule has 0 saturated carbocycles. The van der Waals surface area contributed by atoms with Crippen LogP contribution in [0.5, 0.6) is 0 Å². The van der Waals surface area contributed by atoms with E-state index < -0.39 is 29.2 Å². The first-order chi connectivity index (χ1) is 13.8. The number of thiophene rings is 1. The lowest BCUT2D eigenvalue weighted by Crippen LogP contribution is -2.62. The van der Waals surface area contributed by atoms with Crippen LogP contribution in [0, 0.1) is 0 Å². The van der Waals surface area contributed by atoms with E-state index in [2.05, 4.69) is 10.6 Å². The molecule has 1 aromatic heterocycles. The SMILES string of the molecule is CC1(N2C(=O)c3ccc(CNC(=O)c4cccs4)cc3C2=O)CCC(=O)NC1=O. The summed E-state index contributed by atoms with van der Waals surface area (Å²) in [5.74, 6) is -2.45. The summed E-state index contributed by atoms with van der Waals surface area (Å²) in [7, 11) is 0. The van der Waals surface area contributed by atoms with E-state index in [1.165, 1.54) is 24.3 Å². The number of nitrogens with zero attached hydrogens (tertiary/aromatic N) is 1. The van der Waals surface area contributed by atoms with Crippen molar-refractivity contribution in [3.8, 4) is 0 Å². The molecule has 4 rings (SSSR count). The number of carbonyl (C=O) groups excluding carboxylic acids is 5. The highest BCUT2D eigenvalue weighted by molar-refractivity contribution is 7.12. The van der Waals surface area contributed by atoms with E-state index in [0.29, 0.717) is 10.4 Å². The molecule has 1 aromatic carbocycles. The maximum absolute atomic E-state index is 13.0. The number of hydrogen-bond acceptors (Lipinski definition) is 6. The standard InChI is InChI=1S/C20H17N3O5S/c1-20(7-6-15(24)22-19(20)28)23-17(26)12-5-4-11(9-13(12)18(23)27)10-21-16(25)14-3-2-8-29-14/h2-5,8-9H,6-7,10H2,1H3,(H,21,25)(H,22,24,28). The molecule has 0 radical (unpaired) electrons. The van der Waals surface area contributed by atoms with E-state index in [4.69, 9.17) is 0 Å². The predicted molar refractivity (Wildman–Crippen MR) is 103 cm³/mol. The Morgan fingerprint density at radius 3 is 2.62 bits per heavy atom. The van der Waals surface area contributed by atoms with Crippen molar-refractivity contribution in [1.29, 1.82) is 0 Å². The highest BCUT2D eigenvalue weighted by Crippen LogP contribution is 2.34. The van der Waals surface area contributed by atoms with Gasteiger partial charge < -0.3 is 5.32 Å². The quantitative estimate of drug-likeness (QED) is 0.740. The Labute approximate surface area is 169 Å². The predicted octanol–water partition coefficient (Wildman–Crippen LogP) is 1.47. The fraction of sp³-hybridized carbons (Fsp3) is 0.250. The van der Waals surface area contributed by atoms with Gasteiger partial charge in [-0.15, -0.1) is 11.3 Å². The van der Waals surface area contributed by atoms with Crippen LogP contribution in [0.25, 0.3) is 0 Å². The lowest BCUT2D eigenvalue weighted by Gasteiger charge is -2.38. The zero-order valence-electron chi connectivity index (χ0n) is 15.5. The number of nitrogens with one attached hydrogen (secondary N) is 2. The maximum Gasteiger partial charge on any atom is 0.262 e. The molecular formula is C20H17N3O5S. The molecule has 2 N–H and O–H groups in total. The Morgan fingerprint density at radius 2 is 1.93 bits per heavy atom. The lowest BCUT2D eigenvalue weighted by molar-refractivity contribution is -0.140. The summed E-state index contributed by atoms with van der Waals surface area (Å²) in [5.41, 5.74) is -0.377. The maximum atomic E-state index is 13.0. The second-order valence-electron chi connectivity index (χ2n) is 7.14. The average Bonchev–Trinajstić information content (AvgIpc) is 3.31. The van der Waals surface area contributed by atoms with Gasteiger partial charge in [0.05, 0.1) is 16.0 Å². The smallest absolute Gasteiger partial charge is 0.262 e. The molecule has 1 atom stereocenters. The van der Waals surface area contributed by atoms with Crippen LogP contribution in [0.4, 0.5) is 0 Å². The van der Waals surface area contributed by atoms with Gasteiger partial charge in [0.25, 0.3) is 23.6 Å². The highest BCUT2D eigenvalue weighted by Gasteiger charge is 2.52. The number of rotatable bonds is 4. The Kier molecular flexibility index (Phi) is 4.54. The molecule has 1 fully saturated rings. The second-order valence-corrected chi connectivity index (χ2v) is 8.08. The molecule has 2 aromatic rings. The third-order valence-electron chi connectivity index (χ3n) is 5.22. The van der Waals surface area contributed by atoms with E-state index in [0.717, 1.165) is 4.90 Å². The zero-order chi connectivity index (χ0) is 20.8. The summed E-state index contributed by atoms with van der Waals surface area (Å²) in [6.07, 6.45) is 0.127. The number of carbonyl (C=O) groups is 5. The van der Waals surface area contributed by atoms with Crippen molar-refractivity contribution in [3.63, 3.8) is 0 Å². The third kappa shape index (κ3) is 3.13. The molecule has 2 aliphatic heterocycles. The molecule has 29 heavy (non-hydrogen) atoms. The molecule has 8 nitrogen and oxygen atoms in total. The van der Waals surface area contributed by atoms with Gasteiger partial charge in [0.15, 0.2) is 0 Å². The minimum atomic E-state index is -1.42. The van der Waals surface area contributed by atoms with Crippen molar-refractivity contribution in [1.82, 2.24) is 15.5 Å². The Morgan fingerprint density at radius 1 is 1.17 bits per heavy atom. The Balaban J connectivity index is 1.56. The minimum absolute atomic E-state index is 0.0512. The monoisotopic (exact) mass is 411 g/mol. The van der Waals surface area contributed by atoms with Gasteiger partial charge in [-0.1, -0.05) is 12.1 Å². The van der Waals surface area contributed by atoms with Crippen LogP contribution in [-0.4, -0.2) is 40.0 Å².